The highest BCUT2D eigenvalue weighted by Gasteiger charge is 2.13. The highest BCUT2D eigenvalue weighted by atomic mass is 32.1. The number of rotatable bonds is 4. The van der Waals surface area contributed by atoms with Crippen molar-refractivity contribution in [1.29, 1.82) is 0 Å². The first kappa shape index (κ1) is 14.4. The van der Waals surface area contributed by atoms with E-state index in [1.165, 1.54) is 11.1 Å². The monoisotopic (exact) mass is 286 g/mol. The number of aryl methyl sites for hydroxylation is 2. The summed E-state index contributed by atoms with van der Waals surface area (Å²) < 4.78 is 0. The predicted molar refractivity (Wildman–Crippen MR) is 85.9 cm³/mol. The minimum atomic E-state index is 0.341. The minimum absolute atomic E-state index is 0.341. The van der Waals surface area contributed by atoms with Gasteiger partial charge in [-0.1, -0.05) is 36.5 Å². The van der Waals surface area contributed by atoms with Gasteiger partial charge in [0.25, 0.3) is 0 Å². The van der Waals surface area contributed by atoms with Crippen molar-refractivity contribution < 1.29 is 0 Å². The lowest BCUT2D eigenvalue weighted by Gasteiger charge is -2.14. The fourth-order valence-electron chi connectivity index (χ4n) is 2.02. The number of benzene rings is 1. The van der Waals surface area contributed by atoms with Gasteiger partial charge in [0.1, 0.15) is 4.99 Å². The summed E-state index contributed by atoms with van der Waals surface area (Å²) in [7, 11) is 0. The molecule has 2 aromatic rings. The lowest BCUT2D eigenvalue weighted by atomic mass is 10.1. The summed E-state index contributed by atoms with van der Waals surface area (Å²) in [6.07, 6.45) is 0. The zero-order chi connectivity index (χ0) is 14.7. The van der Waals surface area contributed by atoms with Gasteiger partial charge in [-0.2, -0.15) is 5.10 Å². The van der Waals surface area contributed by atoms with Crippen LogP contribution in [0.15, 0.2) is 24.3 Å². The summed E-state index contributed by atoms with van der Waals surface area (Å²) in [4.78, 5) is 0.341. The molecule has 1 heterocycles. The van der Waals surface area contributed by atoms with Crippen LogP contribution in [0.25, 0.3) is 0 Å². The topological polar surface area (TPSA) is 63.8 Å². The Hall–Kier alpha value is -2.01. The number of nitrogens with zero attached hydrogens (tertiary/aromatic N) is 2. The molecule has 5 heteroatoms. The molecule has 0 saturated carbocycles. The molecule has 0 amide bonds. The summed E-state index contributed by atoms with van der Waals surface area (Å²) in [6, 6.07) is 8.20. The maximum atomic E-state index is 5.81. The van der Waals surface area contributed by atoms with Crippen LogP contribution in [0.5, 0.6) is 0 Å². The van der Waals surface area contributed by atoms with E-state index in [0.29, 0.717) is 17.4 Å². The second kappa shape index (κ2) is 5.96. The Kier molecular flexibility index (Phi) is 4.29. The zero-order valence-corrected chi connectivity index (χ0v) is 12.7. The van der Waals surface area contributed by atoms with Gasteiger partial charge in [-0.15, -0.1) is 5.10 Å². The summed E-state index contributed by atoms with van der Waals surface area (Å²) in [5.74, 6) is 0.642. The number of aromatic nitrogens is 2. The van der Waals surface area contributed by atoms with Crippen LogP contribution in [-0.2, 0) is 6.54 Å². The Bertz CT molecular complexity index is 652. The first-order valence-corrected chi connectivity index (χ1v) is 6.83. The molecule has 0 spiro atoms. The van der Waals surface area contributed by atoms with E-state index >= 15 is 0 Å². The van der Waals surface area contributed by atoms with Gasteiger partial charge in [-0.05, 0) is 37.5 Å². The first-order chi connectivity index (χ1) is 9.50. The van der Waals surface area contributed by atoms with Gasteiger partial charge in [0.05, 0.1) is 11.3 Å². The third-order valence-corrected chi connectivity index (χ3v) is 3.61. The fourth-order valence-corrected chi connectivity index (χ4v) is 2.27. The van der Waals surface area contributed by atoms with Crippen LogP contribution >= 0.6 is 12.2 Å². The largest absolute Gasteiger partial charge is 0.389 e. The third kappa shape index (κ3) is 2.93. The normalized spacial score (nSPS) is 10.3. The molecule has 0 aliphatic carbocycles. The van der Waals surface area contributed by atoms with Crippen molar-refractivity contribution in [3.05, 3.63) is 52.2 Å². The standard InChI is InChI=1S/C15H18N4S/c1-9-6-4-5-7-12(9)8-17-15-13(14(16)20)10(2)11(3)18-19-15/h4-7H,8H2,1-3H3,(H2,16,20)(H,17,19). The molecule has 4 nitrogen and oxygen atoms in total. The van der Waals surface area contributed by atoms with Crippen molar-refractivity contribution in [2.45, 2.75) is 27.3 Å². The van der Waals surface area contributed by atoms with Crippen molar-refractivity contribution >= 4 is 23.0 Å². The van der Waals surface area contributed by atoms with Gasteiger partial charge >= 0.3 is 0 Å². The van der Waals surface area contributed by atoms with Crippen LogP contribution in [0, 0.1) is 20.8 Å². The third-order valence-electron chi connectivity index (χ3n) is 3.41. The molecular formula is C15H18N4S. The lowest BCUT2D eigenvalue weighted by Crippen LogP contribution is -2.18. The summed E-state index contributed by atoms with van der Waals surface area (Å²) in [5, 5.41) is 11.6. The summed E-state index contributed by atoms with van der Waals surface area (Å²) in [5.41, 5.74) is 10.8. The van der Waals surface area contributed by atoms with Crippen molar-refractivity contribution in [1.82, 2.24) is 10.2 Å². The van der Waals surface area contributed by atoms with Crippen molar-refractivity contribution in [3.63, 3.8) is 0 Å². The van der Waals surface area contributed by atoms with Crippen molar-refractivity contribution in [3.8, 4) is 0 Å². The van der Waals surface area contributed by atoms with E-state index in [4.69, 9.17) is 18.0 Å². The number of nitrogens with one attached hydrogen (secondary N) is 1. The Morgan fingerprint density at radius 1 is 1.20 bits per heavy atom. The maximum Gasteiger partial charge on any atom is 0.159 e. The zero-order valence-electron chi connectivity index (χ0n) is 11.9. The van der Waals surface area contributed by atoms with Crippen LogP contribution in [0.3, 0.4) is 0 Å². The maximum absolute atomic E-state index is 5.81. The summed E-state index contributed by atoms with van der Waals surface area (Å²) in [6.45, 7) is 6.60. The Balaban J connectivity index is 2.29. The molecule has 0 aliphatic heterocycles. The van der Waals surface area contributed by atoms with Gasteiger partial charge in [0.15, 0.2) is 5.82 Å². The highest BCUT2D eigenvalue weighted by molar-refractivity contribution is 7.80. The molecule has 0 fully saturated rings. The Labute approximate surface area is 124 Å². The van der Waals surface area contributed by atoms with Crippen LogP contribution in [0.1, 0.15) is 27.9 Å². The summed E-state index contributed by atoms with van der Waals surface area (Å²) >= 11 is 5.12. The second-order valence-corrected chi connectivity index (χ2v) is 5.22. The minimum Gasteiger partial charge on any atom is -0.389 e. The molecule has 20 heavy (non-hydrogen) atoms. The SMILES string of the molecule is Cc1ccccc1CNc1nnc(C)c(C)c1C(N)=S. The predicted octanol–water partition coefficient (Wildman–Crippen LogP) is 2.65. The molecule has 0 bridgehead atoms. The molecule has 0 aliphatic rings. The highest BCUT2D eigenvalue weighted by Crippen LogP contribution is 2.19. The number of anilines is 1. The van der Waals surface area contributed by atoms with Crippen molar-refractivity contribution in [2.75, 3.05) is 5.32 Å². The molecule has 3 N–H and O–H groups in total. The van der Waals surface area contributed by atoms with Gasteiger partial charge in [0, 0.05) is 6.54 Å². The molecule has 104 valence electrons. The average Bonchev–Trinajstić information content (AvgIpc) is 2.41. The average molecular weight is 286 g/mol. The van der Waals surface area contributed by atoms with Gasteiger partial charge in [0.2, 0.25) is 0 Å². The van der Waals surface area contributed by atoms with Gasteiger partial charge in [-0.3, -0.25) is 0 Å². The fraction of sp³-hybridized carbons (Fsp3) is 0.267. The van der Waals surface area contributed by atoms with Gasteiger partial charge in [-0.25, -0.2) is 0 Å². The van der Waals surface area contributed by atoms with Crippen LogP contribution < -0.4 is 11.1 Å². The van der Waals surface area contributed by atoms with E-state index in [1.807, 2.05) is 26.0 Å². The molecular weight excluding hydrogens is 268 g/mol. The van der Waals surface area contributed by atoms with Gasteiger partial charge < -0.3 is 11.1 Å². The van der Waals surface area contributed by atoms with E-state index < -0.39 is 0 Å². The smallest absolute Gasteiger partial charge is 0.159 e. The molecule has 0 radical (unpaired) electrons. The molecule has 0 atom stereocenters. The number of hydrogen-bond donors (Lipinski definition) is 2. The number of nitrogens with two attached hydrogens (primary N) is 1. The molecule has 1 aromatic heterocycles. The second-order valence-electron chi connectivity index (χ2n) is 4.78. The van der Waals surface area contributed by atoms with Crippen molar-refractivity contribution in [2.24, 2.45) is 5.73 Å². The van der Waals surface area contributed by atoms with Crippen LogP contribution in [-0.4, -0.2) is 15.2 Å². The molecule has 2 rings (SSSR count). The lowest BCUT2D eigenvalue weighted by molar-refractivity contribution is 0.941. The molecule has 1 aromatic carbocycles. The number of thiocarbonyl (C=S) groups is 1. The van der Waals surface area contributed by atoms with Crippen LogP contribution in [0.2, 0.25) is 0 Å². The first-order valence-electron chi connectivity index (χ1n) is 6.42. The van der Waals surface area contributed by atoms with E-state index in [9.17, 15) is 0 Å². The Morgan fingerprint density at radius 2 is 1.90 bits per heavy atom. The van der Waals surface area contributed by atoms with Crippen LogP contribution in [0.4, 0.5) is 5.82 Å². The van der Waals surface area contributed by atoms with E-state index in [0.717, 1.165) is 16.8 Å². The van der Waals surface area contributed by atoms with E-state index in [1.54, 1.807) is 0 Å². The Morgan fingerprint density at radius 3 is 2.55 bits per heavy atom. The number of hydrogen-bond acceptors (Lipinski definition) is 4. The quantitative estimate of drug-likeness (QED) is 0.846. The molecule has 0 saturated heterocycles. The van der Waals surface area contributed by atoms with E-state index in [-0.39, 0.29) is 0 Å². The van der Waals surface area contributed by atoms with E-state index in [2.05, 4.69) is 34.6 Å². The molecule has 0 unspecified atom stereocenters.